The average molecular weight is 281 g/mol. The van der Waals surface area contributed by atoms with E-state index >= 15 is 0 Å². The molecule has 0 amide bonds. The smallest absolute Gasteiger partial charge is 0.296 e. The molecule has 1 rings (SSSR count). The van der Waals surface area contributed by atoms with Crippen LogP contribution in [0, 0.1) is 0 Å². The van der Waals surface area contributed by atoms with Crippen molar-refractivity contribution in [2.24, 2.45) is 0 Å². The van der Waals surface area contributed by atoms with E-state index in [9.17, 15) is 16.8 Å². The molecule has 0 atom stereocenters. The summed E-state index contributed by atoms with van der Waals surface area (Å²) in [6, 6.07) is 5.47. The fourth-order valence-corrected chi connectivity index (χ4v) is 2.18. The van der Waals surface area contributed by atoms with Crippen LogP contribution in [0.1, 0.15) is 0 Å². The van der Waals surface area contributed by atoms with Crippen molar-refractivity contribution in [1.29, 1.82) is 0 Å². The van der Waals surface area contributed by atoms with Crippen LogP contribution in [0.3, 0.4) is 0 Å². The second-order valence-corrected chi connectivity index (χ2v) is 6.15. The lowest BCUT2D eigenvalue weighted by atomic mass is 10.3. The lowest BCUT2D eigenvalue weighted by molar-refractivity contribution is 0.482. The number of benzene rings is 1. The van der Waals surface area contributed by atoms with Crippen molar-refractivity contribution in [3.63, 3.8) is 0 Å². The Hall–Kier alpha value is -1.16. The standard InChI is InChI=1S/C8H11NO6S2/c10-16(11,12)6-5-9-7-3-1-2-4-8(7)17(13,14)15/h1-4,9H,5-6H2,(H,10,11,12)(H,13,14,15). The molecular formula is C8H11NO6S2. The van der Waals surface area contributed by atoms with Crippen LogP contribution in [-0.4, -0.2) is 38.2 Å². The number of para-hydroxylation sites is 1. The quantitative estimate of drug-likeness (QED) is 0.661. The van der Waals surface area contributed by atoms with Crippen molar-refractivity contribution < 1.29 is 25.9 Å². The van der Waals surface area contributed by atoms with E-state index in [-0.39, 0.29) is 17.1 Å². The Morgan fingerprint density at radius 1 is 1.06 bits per heavy atom. The summed E-state index contributed by atoms with van der Waals surface area (Å²) in [6.07, 6.45) is 0. The highest BCUT2D eigenvalue weighted by molar-refractivity contribution is 7.86. The Morgan fingerprint density at radius 2 is 1.65 bits per heavy atom. The third-order valence-electron chi connectivity index (χ3n) is 1.84. The molecule has 1 aromatic rings. The first kappa shape index (κ1) is 13.9. The van der Waals surface area contributed by atoms with E-state index in [1.165, 1.54) is 24.3 Å². The van der Waals surface area contributed by atoms with E-state index in [1.54, 1.807) is 0 Å². The number of anilines is 1. The molecule has 0 saturated heterocycles. The fraction of sp³-hybridized carbons (Fsp3) is 0.250. The summed E-state index contributed by atoms with van der Waals surface area (Å²) in [5.74, 6) is -0.563. The van der Waals surface area contributed by atoms with Gasteiger partial charge in [-0.15, -0.1) is 0 Å². The van der Waals surface area contributed by atoms with Crippen molar-refractivity contribution in [2.45, 2.75) is 4.90 Å². The minimum absolute atomic E-state index is 0.0682. The number of hydrogen-bond donors (Lipinski definition) is 3. The molecule has 0 heterocycles. The first-order valence-electron chi connectivity index (χ1n) is 4.46. The highest BCUT2D eigenvalue weighted by Crippen LogP contribution is 2.19. The van der Waals surface area contributed by atoms with Crippen LogP contribution in [0.2, 0.25) is 0 Å². The molecule has 0 unspecified atom stereocenters. The maximum Gasteiger partial charge on any atom is 0.296 e. The van der Waals surface area contributed by atoms with E-state index < -0.39 is 26.0 Å². The van der Waals surface area contributed by atoms with Crippen LogP contribution < -0.4 is 5.32 Å². The van der Waals surface area contributed by atoms with Gasteiger partial charge < -0.3 is 5.32 Å². The van der Waals surface area contributed by atoms with E-state index in [1.807, 2.05) is 0 Å². The molecular weight excluding hydrogens is 270 g/mol. The van der Waals surface area contributed by atoms with Gasteiger partial charge in [0.05, 0.1) is 11.4 Å². The normalized spacial score (nSPS) is 12.4. The predicted octanol–water partition coefficient (Wildman–Crippen LogP) is 0.233. The highest BCUT2D eigenvalue weighted by atomic mass is 32.2. The molecule has 0 aromatic heterocycles. The van der Waals surface area contributed by atoms with Crippen molar-refractivity contribution in [3.8, 4) is 0 Å². The molecule has 3 N–H and O–H groups in total. The summed E-state index contributed by atoms with van der Waals surface area (Å²) < 4.78 is 60.2. The van der Waals surface area contributed by atoms with Gasteiger partial charge in [-0.05, 0) is 12.1 Å². The Labute approximate surface area is 99.0 Å². The van der Waals surface area contributed by atoms with Gasteiger partial charge >= 0.3 is 0 Å². The maximum absolute atomic E-state index is 11.0. The van der Waals surface area contributed by atoms with Crippen molar-refractivity contribution in [1.82, 2.24) is 0 Å². The van der Waals surface area contributed by atoms with Crippen molar-refractivity contribution in [2.75, 3.05) is 17.6 Å². The average Bonchev–Trinajstić information content (AvgIpc) is 2.15. The topological polar surface area (TPSA) is 121 Å². The van der Waals surface area contributed by atoms with Crippen molar-refractivity contribution >= 4 is 25.9 Å². The van der Waals surface area contributed by atoms with Gasteiger partial charge in [-0.3, -0.25) is 9.11 Å². The second kappa shape index (κ2) is 5.00. The monoisotopic (exact) mass is 281 g/mol. The highest BCUT2D eigenvalue weighted by Gasteiger charge is 2.14. The first-order valence-corrected chi connectivity index (χ1v) is 7.50. The molecule has 1 aromatic carbocycles. The van der Waals surface area contributed by atoms with Crippen LogP contribution >= 0.6 is 0 Å². The molecule has 17 heavy (non-hydrogen) atoms. The molecule has 0 aliphatic heterocycles. The van der Waals surface area contributed by atoms with Gasteiger partial charge in [-0.1, -0.05) is 12.1 Å². The van der Waals surface area contributed by atoms with Crippen LogP contribution in [0.5, 0.6) is 0 Å². The zero-order valence-corrected chi connectivity index (χ0v) is 10.2. The third kappa shape index (κ3) is 4.69. The summed E-state index contributed by atoms with van der Waals surface area (Å²) in [6.45, 7) is -0.175. The lowest BCUT2D eigenvalue weighted by Crippen LogP contribution is -2.16. The minimum Gasteiger partial charge on any atom is -0.383 e. The summed E-state index contributed by atoms with van der Waals surface area (Å²) in [7, 11) is -8.49. The molecule has 0 fully saturated rings. The van der Waals surface area contributed by atoms with E-state index in [4.69, 9.17) is 9.11 Å². The number of hydrogen-bond acceptors (Lipinski definition) is 5. The molecule has 0 aliphatic carbocycles. The van der Waals surface area contributed by atoms with Gasteiger partial charge in [0.2, 0.25) is 0 Å². The zero-order valence-electron chi connectivity index (χ0n) is 8.57. The predicted molar refractivity (Wildman–Crippen MR) is 61.2 cm³/mol. The molecule has 0 spiro atoms. The number of nitrogens with one attached hydrogen (secondary N) is 1. The molecule has 0 bridgehead atoms. The summed E-state index contributed by atoms with van der Waals surface area (Å²) >= 11 is 0. The lowest BCUT2D eigenvalue weighted by Gasteiger charge is -2.08. The van der Waals surface area contributed by atoms with E-state index in [0.29, 0.717) is 0 Å². The van der Waals surface area contributed by atoms with E-state index in [0.717, 1.165) is 0 Å². The van der Waals surface area contributed by atoms with Gasteiger partial charge in [0.1, 0.15) is 4.90 Å². The van der Waals surface area contributed by atoms with Crippen molar-refractivity contribution in [3.05, 3.63) is 24.3 Å². The van der Waals surface area contributed by atoms with Crippen LogP contribution in [0.25, 0.3) is 0 Å². The SMILES string of the molecule is O=S(=O)(O)CCNc1ccccc1S(=O)(=O)O. The van der Waals surface area contributed by atoms with Crippen LogP contribution in [-0.2, 0) is 20.2 Å². The molecule has 9 heteroatoms. The Morgan fingerprint density at radius 3 is 2.18 bits per heavy atom. The van der Waals surface area contributed by atoms with Gasteiger partial charge in [-0.25, -0.2) is 0 Å². The first-order chi connectivity index (χ1) is 7.70. The summed E-state index contributed by atoms with van der Waals surface area (Å²) in [5.41, 5.74) is 0.0682. The maximum atomic E-state index is 11.0. The number of rotatable bonds is 5. The zero-order chi connectivity index (χ0) is 13.1. The molecule has 0 saturated carbocycles. The minimum atomic E-state index is -4.37. The largest absolute Gasteiger partial charge is 0.383 e. The van der Waals surface area contributed by atoms with Gasteiger partial charge in [-0.2, -0.15) is 16.8 Å². The Balaban J connectivity index is 2.86. The second-order valence-electron chi connectivity index (χ2n) is 3.18. The van der Waals surface area contributed by atoms with Crippen LogP contribution in [0.15, 0.2) is 29.2 Å². The molecule has 0 aliphatic rings. The third-order valence-corrected chi connectivity index (χ3v) is 3.47. The molecule has 96 valence electrons. The van der Waals surface area contributed by atoms with Gasteiger partial charge in [0.15, 0.2) is 0 Å². The van der Waals surface area contributed by atoms with Gasteiger partial charge in [0.25, 0.3) is 20.2 Å². The van der Waals surface area contributed by atoms with E-state index in [2.05, 4.69) is 5.32 Å². The summed E-state index contributed by atoms with van der Waals surface area (Å²) in [5, 5.41) is 2.50. The molecule has 0 radical (unpaired) electrons. The Kier molecular flexibility index (Phi) is 4.09. The summed E-state index contributed by atoms with van der Waals surface area (Å²) in [4.78, 5) is -0.352. The van der Waals surface area contributed by atoms with Gasteiger partial charge in [0, 0.05) is 6.54 Å². The Bertz CT molecular complexity index is 592. The fourth-order valence-electron chi connectivity index (χ4n) is 1.15. The molecule has 7 nitrogen and oxygen atoms in total. The van der Waals surface area contributed by atoms with Crippen LogP contribution in [0.4, 0.5) is 5.69 Å².